The average Bonchev–Trinajstić information content (AvgIpc) is 3.27. The number of nitrogens with zero attached hydrogens (tertiary/aromatic N) is 1. The van der Waals surface area contributed by atoms with Gasteiger partial charge in [0, 0.05) is 43.0 Å². The van der Waals surface area contributed by atoms with Crippen LogP contribution in [-0.4, -0.2) is 60.1 Å². The van der Waals surface area contributed by atoms with Crippen molar-refractivity contribution in [1.82, 2.24) is 10.2 Å². The molecule has 2 amide bonds. The molecule has 1 saturated heterocycles. The van der Waals surface area contributed by atoms with Gasteiger partial charge in [-0.25, -0.2) is 9.18 Å². The van der Waals surface area contributed by atoms with Gasteiger partial charge in [-0.05, 0) is 67.3 Å². The molecule has 40 heavy (non-hydrogen) atoms. The number of aryl methyl sites for hydroxylation is 1. The molecule has 2 aliphatic rings. The minimum atomic E-state index is -1.06. The summed E-state index contributed by atoms with van der Waals surface area (Å²) < 4.78 is 13.3. The lowest BCUT2D eigenvalue weighted by Crippen LogP contribution is -2.40. The molecule has 3 aromatic carbocycles. The van der Waals surface area contributed by atoms with Crippen molar-refractivity contribution in [1.29, 1.82) is 0 Å². The molecule has 0 saturated carbocycles. The fourth-order valence-corrected chi connectivity index (χ4v) is 5.09. The van der Waals surface area contributed by atoms with Gasteiger partial charge in [-0.1, -0.05) is 30.3 Å². The second-order valence-electron chi connectivity index (χ2n) is 10.1. The van der Waals surface area contributed by atoms with E-state index in [0.717, 1.165) is 5.56 Å². The molecule has 0 atom stereocenters. The van der Waals surface area contributed by atoms with Crippen molar-refractivity contribution < 1.29 is 23.9 Å². The minimum Gasteiger partial charge on any atom is -0.478 e. The molecule has 0 aliphatic carbocycles. The fourth-order valence-electron chi connectivity index (χ4n) is 5.09. The number of aromatic carboxylic acids is 1. The summed E-state index contributed by atoms with van der Waals surface area (Å²) in [6.07, 6.45) is 0.363. The lowest BCUT2D eigenvalue weighted by molar-refractivity contribution is -0.110. The minimum absolute atomic E-state index is 0.132. The maximum absolute atomic E-state index is 13.3. The molecular formula is C31H31FN4O4. The van der Waals surface area contributed by atoms with Crippen LogP contribution in [0, 0.1) is 6.92 Å². The Bertz CT molecular complexity index is 1460. The number of carbonyl (C=O) groups excluding carboxylic acids is 2. The standard InChI is InChI=1S/C31H31FN4O4/c1-19-17-25-26(18-24(19)31(39)40)35-30(38)27(25)28(20-5-3-2-4-6-20)34-23-9-7-21(8-10-23)29(37)33-13-16-36-14-11-22(32)12-15-36/h2-10,17-18,22,34H,11-16H2,1H3,(H,33,37)(H,35,38)(H,39,40)/b28-27+. The third-order valence-corrected chi connectivity index (χ3v) is 7.30. The van der Waals surface area contributed by atoms with Gasteiger partial charge in [-0.15, -0.1) is 0 Å². The molecular weight excluding hydrogens is 511 g/mol. The van der Waals surface area contributed by atoms with Crippen LogP contribution < -0.4 is 16.0 Å². The van der Waals surface area contributed by atoms with Crippen LogP contribution in [0.4, 0.5) is 15.8 Å². The summed E-state index contributed by atoms with van der Waals surface area (Å²) in [5.74, 6) is -1.59. The number of alkyl halides is 1. The highest BCUT2D eigenvalue weighted by Gasteiger charge is 2.30. The lowest BCUT2D eigenvalue weighted by Gasteiger charge is -2.28. The molecule has 1 fully saturated rings. The van der Waals surface area contributed by atoms with E-state index in [1.807, 2.05) is 30.3 Å². The molecule has 2 aliphatic heterocycles. The summed E-state index contributed by atoms with van der Waals surface area (Å²) in [6, 6.07) is 19.6. The number of carboxylic acid groups (broad SMARTS) is 1. The zero-order valence-corrected chi connectivity index (χ0v) is 22.2. The van der Waals surface area contributed by atoms with Gasteiger partial charge in [0.2, 0.25) is 0 Å². The first-order valence-corrected chi connectivity index (χ1v) is 13.3. The maximum Gasteiger partial charge on any atom is 0.336 e. The number of carbonyl (C=O) groups is 3. The first-order chi connectivity index (χ1) is 19.3. The SMILES string of the molecule is Cc1cc2c(cc1C(=O)O)NC(=O)/C2=C(/Nc1ccc(C(=O)NCCN2CCC(F)CC2)cc1)c1ccccc1. The summed E-state index contributed by atoms with van der Waals surface area (Å²) in [7, 11) is 0. The van der Waals surface area contributed by atoms with E-state index in [0.29, 0.717) is 78.4 Å². The smallest absolute Gasteiger partial charge is 0.336 e. The van der Waals surface area contributed by atoms with E-state index < -0.39 is 12.1 Å². The Morgan fingerprint density at radius 2 is 1.73 bits per heavy atom. The van der Waals surface area contributed by atoms with Crippen LogP contribution in [0.1, 0.15) is 50.2 Å². The van der Waals surface area contributed by atoms with Crippen LogP contribution in [0.3, 0.4) is 0 Å². The van der Waals surface area contributed by atoms with Crippen LogP contribution in [0.2, 0.25) is 0 Å². The molecule has 0 radical (unpaired) electrons. The molecule has 0 aromatic heterocycles. The monoisotopic (exact) mass is 542 g/mol. The number of likely N-dealkylation sites (tertiary alicyclic amines) is 1. The lowest BCUT2D eigenvalue weighted by atomic mass is 9.96. The number of halogens is 1. The molecule has 0 bridgehead atoms. The van der Waals surface area contributed by atoms with Crippen LogP contribution in [-0.2, 0) is 4.79 Å². The Balaban J connectivity index is 1.36. The Kier molecular flexibility index (Phi) is 7.93. The molecule has 8 nitrogen and oxygen atoms in total. The highest BCUT2D eigenvalue weighted by Crippen LogP contribution is 2.39. The number of nitrogens with one attached hydrogen (secondary N) is 3. The highest BCUT2D eigenvalue weighted by atomic mass is 19.1. The number of fused-ring (bicyclic) bond motifs is 1. The summed E-state index contributed by atoms with van der Waals surface area (Å²) in [5.41, 5.74) is 4.67. The Labute approximate surface area is 231 Å². The maximum atomic E-state index is 13.3. The third-order valence-electron chi connectivity index (χ3n) is 7.30. The van der Waals surface area contributed by atoms with Crippen molar-refractivity contribution in [3.05, 3.63) is 94.5 Å². The van der Waals surface area contributed by atoms with Crippen molar-refractivity contribution in [3.63, 3.8) is 0 Å². The first kappa shape index (κ1) is 27.1. The third kappa shape index (κ3) is 5.89. The normalized spacial score (nSPS) is 16.7. The number of anilines is 2. The zero-order chi connectivity index (χ0) is 28.2. The number of piperidine rings is 1. The second kappa shape index (κ2) is 11.7. The summed E-state index contributed by atoms with van der Waals surface area (Å²) >= 11 is 0. The predicted octanol–water partition coefficient (Wildman–Crippen LogP) is 4.79. The summed E-state index contributed by atoms with van der Waals surface area (Å²) in [4.78, 5) is 39.6. The molecule has 9 heteroatoms. The first-order valence-electron chi connectivity index (χ1n) is 13.3. The van der Waals surface area contributed by atoms with Crippen LogP contribution in [0.25, 0.3) is 11.3 Å². The van der Waals surface area contributed by atoms with Gasteiger partial charge in [-0.2, -0.15) is 0 Å². The highest BCUT2D eigenvalue weighted by molar-refractivity contribution is 6.37. The molecule has 4 N–H and O–H groups in total. The van der Waals surface area contributed by atoms with Crippen LogP contribution >= 0.6 is 0 Å². The van der Waals surface area contributed by atoms with Crippen LogP contribution in [0.15, 0.2) is 66.7 Å². The van der Waals surface area contributed by atoms with Gasteiger partial charge in [0.1, 0.15) is 6.17 Å². The van der Waals surface area contributed by atoms with E-state index in [4.69, 9.17) is 0 Å². The number of hydrogen-bond donors (Lipinski definition) is 4. The topological polar surface area (TPSA) is 111 Å². The second-order valence-corrected chi connectivity index (χ2v) is 10.1. The summed E-state index contributed by atoms with van der Waals surface area (Å²) in [6.45, 7) is 4.29. The number of hydrogen-bond acceptors (Lipinski definition) is 5. The van der Waals surface area contributed by atoms with E-state index in [-0.39, 0.29) is 17.4 Å². The van der Waals surface area contributed by atoms with Gasteiger partial charge in [0.25, 0.3) is 11.8 Å². The van der Waals surface area contributed by atoms with Gasteiger partial charge < -0.3 is 26.0 Å². The van der Waals surface area contributed by atoms with Crippen molar-refractivity contribution in [2.45, 2.75) is 25.9 Å². The van der Waals surface area contributed by atoms with Crippen molar-refractivity contribution in [3.8, 4) is 0 Å². The molecule has 0 spiro atoms. The van der Waals surface area contributed by atoms with Gasteiger partial charge in [-0.3, -0.25) is 9.59 Å². The molecule has 3 aromatic rings. The average molecular weight is 543 g/mol. The molecule has 0 unspecified atom stereocenters. The number of benzene rings is 3. The Morgan fingerprint density at radius 3 is 2.40 bits per heavy atom. The molecule has 5 rings (SSSR count). The number of rotatable bonds is 8. The molecule has 2 heterocycles. The van der Waals surface area contributed by atoms with E-state index in [9.17, 15) is 23.9 Å². The van der Waals surface area contributed by atoms with E-state index in [1.54, 1.807) is 37.3 Å². The largest absolute Gasteiger partial charge is 0.478 e. The van der Waals surface area contributed by atoms with E-state index in [1.165, 1.54) is 6.07 Å². The number of amides is 2. The predicted molar refractivity (Wildman–Crippen MR) is 153 cm³/mol. The van der Waals surface area contributed by atoms with Gasteiger partial charge in [0.15, 0.2) is 0 Å². The number of carboxylic acids is 1. The van der Waals surface area contributed by atoms with E-state index in [2.05, 4.69) is 20.9 Å². The van der Waals surface area contributed by atoms with Gasteiger partial charge >= 0.3 is 5.97 Å². The summed E-state index contributed by atoms with van der Waals surface area (Å²) in [5, 5.41) is 18.6. The van der Waals surface area contributed by atoms with Crippen molar-refractivity contribution in [2.75, 3.05) is 36.8 Å². The van der Waals surface area contributed by atoms with Crippen LogP contribution in [0.5, 0.6) is 0 Å². The Morgan fingerprint density at radius 1 is 1.02 bits per heavy atom. The van der Waals surface area contributed by atoms with Crippen molar-refractivity contribution >= 4 is 40.4 Å². The molecule has 206 valence electrons. The van der Waals surface area contributed by atoms with Crippen molar-refractivity contribution in [2.24, 2.45) is 0 Å². The zero-order valence-electron chi connectivity index (χ0n) is 22.2. The van der Waals surface area contributed by atoms with E-state index >= 15 is 0 Å². The Hall–Kier alpha value is -4.50. The van der Waals surface area contributed by atoms with Gasteiger partial charge in [0.05, 0.1) is 22.5 Å². The quantitative estimate of drug-likeness (QED) is 0.305. The fraction of sp³-hybridized carbons (Fsp3) is 0.258.